The lowest BCUT2D eigenvalue weighted by Gasteiger charge is -2.05. The van der Waals surface area contributed by atoms with E-state index in [2.05, 4.69) is 15.3 Å². The van der Waals surface area contributed by atoms with Crippen LogP contribution in [-0.2, 0) is 0 Å². The summed E-state index contributed by atoms with van der Waals surface area (Å²) in [5, 5.41) is 2.93. The molecule has 1 aromatic heterocycles. The molecule has 0 unspecified atom stereocenters. The number of aromatic nitrogens is 2. The molecule has 82 valence electrons. The first-order valence-electron chi connectivity index (χ1n) is 5.02. The molecular formula is C12H13N3O. The van der Waals surface area contributed by atoms with Crippen molar-refractivity contribution in [1.29, 1.82) is 0 Å². The average Bonchev–Trinajstić information content (AvgIpc) is 2.32. The number of nitrogens with one attached hydrogen (secondary N) is 1. The molecule has 4 nitrogen and oxygen atoms in total. The van der Waals surface area contributed by atoms with Crippen LogP contribution in [0.5, 0.6) is 11.6 Å². The second-order valence-electron chi connectivity index (χ2n) is 3.41. The lowest BCUT2D eigenvalue weighted by atomic mass is 10.2. The van der Waals surface area contributed by atoms with E-state index in [9.17, 15) is 0 Å². The summed E-state index contributed by atoms with van der Waals surface area (Å²) < 4.78 is 5.58. The van der Waals surface area contributed by atoms with E-state index >= 15 is 0 Å². The van der Waals surface area contributed by atoms with Gasteiger partial charge in [0.15, 0.2) is 0 Å². The van der Waals surface area contributed by atoms with Gasteiger partial charge in [0.2, 0.25) is 5.88 Å². The van der Waals surface area contributed by atoms with Gasteiger partial charge in [-0.3, -0.25) is 0 Å². The predicted molar refractivity (Wildman–Crippen MR) is 62.8 cm³/mol. The van der Waals surface area contributed by atoms with Crippen LogP contribution in [0.2, 0.25) is 0 Å². The zero-order valence-corrected chi connectivity index (χ0v) is 9.27. The highest BCUT2D eigenvalue weighted by Crippen LogP contribution is 2.20. The third kappa shape index (κ3) is 2.48. The molecule has 0 saturated heterocycles. The number of benzene rings is 1. The number of aryl methyl sites for hydroxylation is 1. The zero-order chi connectivity index (χ0) is 11.4. The second kappa shape index (κ2) is 4.61. The summed E-state index contributed by atoms with van der Waals surface area (Å²) in [5.74, 6) is 2.03. The van der Waals surface area contributed by atoms with Gasteiger partial charge in [-0.15, -0.1) is 0 Å². The van der Waals surface area contributed by atoms with E-state index in [1.165, 1.54) is 11.9 Å². The number of hydrogen-bond acceptors (Lipinski definition) is 4. The highest BCUT2D eigenvalue weighted by atomic mass is 16.5. The molecule has 0 spiro atoms. The molecule has 0 aliphatic heterocycles. The van der Waals surface area contributed by atoms with Gasteiger partial charge in [-0.2, -0.15) is 0 Å². The van der Waals surface area contributed by atoms with Gasteiger partial charge in [0.05, 0.1) is 0 Å². The molecule has 0 aliphatic rings. The summed E-state index contributed by atoms with van der Waals surface area (Å²) in [7, 11) is 1.80. The van der Waals surface area contributed by atoms with E-state index in [1.54, 1.807) is 13.1 Å². The average molecular weight is 215 g/mol. The fourth-order valence-electron chi connectivity index (χ4n) is 1.26. The van der Waals surface area contributed by atoms with Crippen molar-refractivity contribution in [2.24, 2.45) is 0 Å². The Labute approximate surface area is 94.3 Å². The van der Waals surface area contributed by atoms with Crippen molar-refractivity contribution in [2.45, 2.75) is 6.92 Å². The molecule has 0 atom stereocenters. The minimum absolute atomic E-state index is 0.531. The molecule has 1 aromatic carbocycles. The van der Waals surface area contributed by atoms with Gasteiger partial charge in [-0.05, 0) is 19.1 Å². The summed E-state index contributed by atoms with van der Waals surface area (Å²) >= 11 is 0. The number of nitrogens with zero attached hydrogens (tertiary/aromatic N) is 2. The van der Waals surface area contributed by atoms with Crippen LogP contribution in [0.1, 0.15) is 5.56 Å². The van der Waals surface area contributed by atoms with E-state index in [-0.39, 0.29) is 0 Å². The molecule has 16 heavy (non-hydrogen) atoms. The maximum atomic E-state index is 5.58. The van der Waals surface area contributed by atoms with Gasteiger partial charge >= 0.3 is 0 Å². The second-order valence-corrected chi connectivity index (χ2v) is 3.41. The van der Waals surface area contributed by atoms with Crippen LogP contribution in [0, 0.1) is 6.92 Å². The fourth-order valence-corrected chi connectivity index (χ4v) is 1.26. The van der Waals surface area contributed by atoms with Gasteiger partial charge in [0.1, 0.15) is 17.9 Å². The van der Waals surface area contributed by atoms with Gasteiger partial charge in [-0.25, -0.2) is 9.97 Å². The Morgan fingerprint density at radius 3 is 2.56 bits per heavy atom. The van der Waals surface area contributed by atoms with Crippen molar-refractivity contribution >= 4 is 5.82 Å². The fraction of sp³-hybridized carbons (Fsp3) is 0.167. The molecule has 2 rings (SSSR count). The Bertz CT molecular complexity index is 468. The molecular weight excluding hydrogens is 202 g/mol. The van der Waals surface area contributed by atoms with E-state index in [4.69, 9.17) is 4.74 Å². The first kappa shape index (κ1) is 10.4. The maximum absolute atomic E-state index is 5.58. The van der Waals surface area contributed by atoms with E-state index in [0.29, 0.717) is 5.88 Å². The van der Waals surface area contributed by atoms with Crippen LogP contribution in [0.25, 0.3) is 0 Å². The Kier molecular flexibility index (Phi) is 3.00. The smallest absolute Gasteiger partial charge is 0.224 e. The SMILES string of the molecule is CNc1cc(Oc2ccc(C)cc2)ncn1. The highest BCUT2D eigenvalue weighted by molar-refractivity contribution is 5.38. The van der Waals surface area contributed by atoms with E-state index in [1.807, 2.05) is 31.2 Å². The normalized spacial score (nSPS) is 9.88. The standard InChI is InChI=1S/C12H13N3O/c1-9-3-5-10(6-4-9)16-12-7-11(13-2)14-8-15-12/h3-8H,1-2H3,(H,13,14,15). The molecule has 0 radical (unpaired) electrons. The molecule has 4 heteroatoms. The Balaban J connectivity index is 2.16. The van der Waals surface area contributed by atoms with Crippen molar-refractivity contribution < 1.29 is 4.74 Å². The summed E-state index contributed by atoms with van der Waals surface area (Å²) in [5.41, 5.74) is 1.20. The van der Waals surface area contributed by atoms with E-state index < -0.39 is 0 Å². The van der Waals surface area contributed by atoms with E-state index in [0.717, 1.165) is 11.6 Å². The Morgan fingerprint density at radius 1 is 1.12 bits per heavy atom. The molecule has 0 amide bonds. The predicted octanol–water partition coefficient (Wildman–Crippen LogP) is 2.62. The van der Waals surface area contributed by atoms with Crippen molar-refractivity contribution in [3.05, 3.63) is 42.2 Å². The molecule has 1 heterocycles. The molecule has 0 saturated carbocycles. The third-order valence-corrected chi connectivity index (χ3v) is 2.14. The third-order valence-electron chi connectivity index (χ3n) is 2.14. The lowest BCUT2D eigenvalue weighted by molar-refractivity contribution is 0.462. The van der Waals surface area contributed by atoms with Crippen LogP contribution in [-0.4, -0.2) is 17.0 Å². The number of hydrogen-bond donors (Lipinski definition) is 1. The van der Waals surface area contributed by atoms with Gasteiger partial charge in [0.25, 0.3) is 0 Å². The van der Waals surface area contributed by atoms with Gasteiger partial charge in [0, 0.05) is 13.1 Å². The quantitative estimate of drug-likeness (QED) is 0.855. The van der Waals surface area contributed by atoms with Crippen LogP contribution in [0.15, 0.2) is 36.7 Å². The topological polar surface area (TPSA) is 47.0 Å². The highest BCUT2D eigenvalue weighted by Gasteiger charge is 1.99. The summed E-state index contributed by atoms with van der Waals surface area (Å²) in [4.78, 5) is 8.04. The van der Waals surface area contributed by atoms with Crippen LogP contribution in [0.3, 0.4) is 0 Å². The maximum Gasteiger partial charge on any atom is 0.224 e. The number of ether oxygens (including phenoxy) is 1. The molecule has 2 aromatic rings. The molecule has 1 N–H and O–H groups in total. The van der Waals surface area contributed by atoms with Crippen molar-refractivity contribution in [3.8, 4) is 11.6 Å². The zero-order valence-electron chi connectivity index (χ0n) is 9.27. The molecule has 0 fully saturated rings. The first-order chi connectivity index (χ1) is 7.78. The number of anilines is 1. The minimum atomic E-state index is 0.531. The van der Waals surface area contributed by atoms with Gasteiger partial charge in [-0.1, -0.05) is 17.7 Å². The largest absolute Gasteiger partial charge is 0.439 e. The molecule has 0 aliphatic carbocycles. The summed E-state index contributed by atoms with van der Waals surface area (Å²) in [6.45, 7) is 2.04. The van der Waals surface area contributed by atoms with Crippen molar-refractivity contribution in [2.75, 3.05) is 12.4 Å². The first-order valence-corrected chi connectivity index (χ1v) is 5.02. The van der Waals surface area contributed by atoms with Crippen molar-refractivity contribution in [3.63, 3.8) is 0 Å². The van der Waals surface area contributed by atoms with Crippen LogP contribution in [0.4, 0.5) is 5.82 Å². The summed E-state index contributed by atoms with van der Waals surface area (Å²) in [6.07, 6.45) is 1.47. The number of rotatable bonds is 3. The lowest BCUT2D eigenvalue weighted by Crippen LogP contribution is -1.94. The van der Waals surface area contributed by atoms with Crippen molar-refractivity contribution in [1.82, 2.24) is 9.97 Å². The van der Waals surface area contributed by atoms with Crippen LogP contribution >= 0.6 is 0 Å². The van der Waals surface area contributed by atoms with Gasteiger partial charge < -0.3 is 10.1 Å². The Morgan fingerprint density at radius 2 is 1.88 bits per heavy atom. The minimum Gasteiger partial charge on any atom is -0.439 e. The Hall–Kier alpha value is -2.10. The van der Waals surface area contributed by atoms with Crippen LogP contribution < -0.4 is 10.1 Å². The monoisotopic (exact) mass is 215 g/mol. The summed E-state index contributed by atoms with van der Waals surface area (Å²) in [6, 6.07) is 9.57. The molecule has 0 bridgehead atoms.